The smallest absolute Gasteiger partial charge is 0.144 e. The zero-order chi connectivity index (χ0) is 13.1. The minimum atomic E-state index is 0.151. The van der Waals surface area contributed by atoms with E-state index in [1.807, 2.05) is 24.3 Å². The summed E-state index contributed by atoms with van der Waals surface area (Å²) in [6, 6.07) is 7.97. The van der Waals surface area contributed by atoms with E-state index in [0.29, 0.717) is 0 Å². The molecule has 1 atom stereocenters. The van der Waals surface area contributed by atoms with Crippen molar-refractivity contribution < 1.29 is 4.74 Å². The Labute approximate surface area is 114 Å². The summed E-state index contributed by atoms with van der Waals surface area (Å²) >= 11 is 0. The molecule has 1 fully saturated rings. The van der Waals surface area contributed by atoms with Gasteiger partial charge in [0.25, 0.3) is 0 Å². The van der Waals surface area contributed by atoms with Crippen LogP contribution in [0.4, 0.5) is 5.69 Å². The molecule has 2 heterocycles. The molecular weight excluding hydrogens is 240 g/mol. The molecule has 0 amide bonds. The second-order valence-electron chi connectivity index (χ2n) is 5.26. The fourth-order valence-electron chi connectivity index (χ4n) is 2.80. The van der Waals surface area contributed by atoms with Gasteiger partial charge in [-0.3, -0.25) is 4.90 Å². The summed E-state index contributed by atoms with van der Waals surface area (Å²) in [6.45, 7) is 6.11. The zero-order valence-electron chi connectivity index (χ0n) is 11.2. The summed E-state index contributed by atoms with van der Waals surface area (Å²) in [5, 5.41) is 5.23. The number of nitrogens with two attached hydrogens (primary N) is 1. The van der Waals surface area contributed by atoms with Crippen molar-refractivity contribution in [2.24, 2.45) is 5.84 Å². The van der Waals surface area contributed by atoms with E-state index in [2.05, 4.69) is 10.2 Å². The van der Waals surface area contributed by atoms with Gasteiger partial charge in [0.15, 0.2) is 0 Å². The molecule has 1 unspecified atom stereocenters. The van der Waals surface area contributed by atoms with E-state index in [1.165, 1.54) is 6.42 Å². The summed E-state index contributed by atoms with van der Waals surface area (Å²) in [5.74, 6) is 6.99. The number of anilines is 1. The van der Waals surface area contributed by atoms with Crippen LogP contribution in [0.25, 0.3) is 0 Å². The van der Waals surface area contributed by atoms with Gasteiger partial charge in [-0.25, -0.2) is 5.84 Å². The number of hydrogen-bond donors (Lipinski definition) is 2. The summed E-state index contributed by atoms with van der Waals surface area (Å²) in [5.41, 5.74) is 0.983. The molecule has 19 heavy (non-hydrogen) atoms. The maximum atomic E-state index is 6.10. The molecule has 1 saturated heterocycles. The van der Waals surface area contributed by atoms with Gasteiger partial charge in [0.2, 0.25) is 0 Å². The van der Waals surface area contributed by atoms with E-state index in [0.717, 1.165) is 50.7 Å². The zero-order valence-corrected chi connectivity index (χ0v) is 11.2. The van der Waals surface area contributed by atoms with Crippen LogP contribution >= 0.6 is 0 Å². The standard InChI is InChI=1S/C14H22N4O/c15-18-11-12(10-17-8-3-6-16-7-9-17)19-14-5-2-1-4-13(14)18/h1-2,4-5,12,16H,3,6-11,15H2. The number of ether oxygens (including phenoxy) is 1. The van der Waals surface area contributed by atoms with Crippen LogP contribution in [0.1, 0.15) is 6.42 Å². The lowest BCUT2D eigenvalue weighted by Crippen LogP contribution is -2.49. The summed E-state index contributed by atoms with van der Waals surface area (Å²) < 4.78 is 6.06. The Kier molecular flexibility index (Phi) is 3.87. The van der Waals surface area contributed by atoms with Gasteiger partial charge in [-0.1, -0.05) is 12.1 Å². The summed E-state index contributed by atoms with van der Waals surface area (Å²) in [7, 11) is 0. The van der Waals surface area contributed by atoms with Crippen molar-refractivity contribution in [1.29, 1.82) is 0 Å². The van der Waals surface area contributed by atoms with E-state index >= 15 is 0 Å². The molecule has 0 aliphatic carbocycles. The third-order valence-electron chi connectivity index (χ3n) is 3.76. The molecule has 5 heteroatoms. The second kappa shape index (κ2) is 5.77. The van der Waals surface area contributed by atoms with Crippen molar-refractivity contribution in [3.63, 3.8) is 0 Å². The molecule has 5 nitrogen and oxygen atoms in total. The Morgan fingerprint density at radius 1 is 1.26 bits per heavy atom. The third-order valence-corrected chi connectivity index (χ3v) is 3.76. The number of para-hydroxylation sites is 2. The molecule has 0 spiro atoms. The molecule has 1 aromatic carbocycles. The highest BCUT2D eigenvalue weighted by Gasteiger charge is 2.25. The van der Waals surface area contributed by atoms with Crippen molar-refractivity contribution in [3.8, 4) is 5.75 Å². The molecule has 1 aromatic rings. The SMILES string of the molecule is NN1CC(CN2CCCNCC2)Oc2ccccc21. The predicted molar refractivity (Wildman–Crippen MR) is 76.3 cm³/mol. The number of benzene rings is 1. The molecule has 2 aliphatic heterocycles. The Bertz CT molecular complexity index is 418. The molecule has 0 bridgehead atoms. The molecule has 104 valence electrons. The van der Waals surface area contributed by atoms with E-state index in [4.69, 9.17) is 10.6 Å². The first-order chi connectivity index (χ1) is 9.33. The maximum absolute atomic E-state index is 6.10. The highest BCUT2D eigenvalue weighted by molar-refractivity contribution is 5.58. The van der Waals surface area contributed by atoms with Crippen molar-refractivity contribution in [1.82, 2.24) is 10.2 Å². The lowest BCUT2D eigenvalue weighted by Gasteiger charge is -2.35. The number of hydrogen-bond acceptors (Lipinski definition) is 5. The topological polar surface area (TPSA) is 53.8 Å². The van der Waals surface area contributed by atoms with Gasteiger partial charge in [-0.15, -0.1) is 0 Å². The van der Waals surface area contributed by atoms with Gasteiger partial charge in [0.05, 0.1) is 12.2 Å². The van der Waals surface area contributed by atoms with E-state index in [1.54, 1.807) is 5.01 Å². The first-order valence-corrected chi connectivity index (χ1v) is 7.04. The second-order valence-corrected chi connectivity index (χ2v) is 5.26. The Balaban J connectivity index is 1.64. The average Bonchev–Trinajstić information content (AvgIpc) is 2.67. The van der Waals surface area contributed by atoms with Gasteiger partial charge in [0, 0.05) is 19.6 Å². The number of fused-ring (bicyclic) bond motifs is 1. The molecule has 0 aromatic heterocycles. The first-order valence-electron chi connectivity index (χ1n) is 7.04. The van der Waals surface area contributed by atoms with Crippen LogP contribution in [0.5, 0.6) is 5.75 Å². The van der Waals surface area contributed by atoms with Crippen molar-refractivity contribution in [2.75, 3.05) is 44.3 Å². The monoisotopic (exact) mass is 262 g/mol. The normalized spacial score (nSPS) is 24.5. The first kappa shape index (κ1) is 12.7. The van der Waals surface area contributed by atoms with Gasteiger partial charge in [0.1, 0.15) is 11.9 Å². The molecule has 0 radical (unpaired) electrons. The van der Waals surface area contributed by atoms with Crippen LogP contribution in [0.3, 0.4) is 0 Å². The van der Waals surface area contributed by atoms with Crippen LogP contribution in [0, 0.1) is 0 Å². The summed E-state index contributed by atoms with van der Waals surface area (Å²) in [4.78, 5) is 2.46. The van der Waals surface area contributed by atoms with E-state index in [-0.39, 0.29) is 6.10 Å². The number of nitrogens with zero attached hydrogens (tertiary/aromatic N) is 2. The maximum Gasteiger partial charge on any atom is 0.144 e. The lowest BCUT2D eigenvalue weighted by atomic mass is 10.2. The van der Waals surface area contributed by atoms with Gasteiger partial charge in [-0.05, 0) is 31.6 Å². The molecule has 2 aliphatic rings. The van der Waals surface area contributed by atoms with E-state index in [9.17, 15) is 0 Å². The van der Waals surface area contributed by atoms with Crippen LogP contribution < -0.4 is 20.9 Å². The van der Waals surface area contributed by atoms with Gasteiger partial charge < -0.3 is 15.1 Å². The predicted octanol–water partition coefficient (Wildman–Crippen LogP) is 0.423. The Hall–Kier alpha value is -1.30. The number of nitrogens with one attached hydrogen (secondary N) is 1. The van der Waals surface area contributed by atoms with Crippen LogP contribution in [-0.2, 0) is 0 Å². The molecular formula is C14H22N4O. The minimum absolute atomic E-state index is 0.151. The fraction of sp³-hybridized carbons (Fsp3) is 0.571. The fourth-order valence-corrected chi connectivity index (χ4v) is 2.80. The van der Waals surface area contributed by atoms with Crippen molar-refractivity contribution in [3.05, 3.63) is 24.3 Å². The highest BCUT2D eigenvalue weighted by Crippen LogP contribution is 2.31. The average molecular weight is 262 g/mol. The van der Waals surface area contributed by atoms with Crippen molar-refractivity contribution in [2.45, 2.75) is 12.5 Å². The molecule has 3 rings (SSSR count). The third kappa shape index (κ3) is 3.00. The Morgan fingerprint density at radius 2 is 2.16 bits per heavy atom. The van der Waals surface area contributed by atoms with Crippen LogP contribution in [0.15, 0.2) is 24.3 Å². The van der Waals surface area contributed by atoms with Crippen LogP contribution in [-0.4, -0.2) is 50.3 Å². The highest BCUT2D eigenvalue weighted by atomic mass is 16.5. The number of hydrazine groups is 1. The lowest BCUT2D eigenvalue weighted by molar-refractivity contribution is 0.132. The minimum Gasteiger partial charge on any atom is -0.485 e. The largest absolute Gasteiger partial charge is 0.485 e. The van der Waals surface area contributed by atoms with Crippen molar-refractivity contribution >= 4 is 5.69 Å². The molecule has 3 N–H and O–H groups in total. The molecule has 0 saturated carbocycles. The van der Waals surface area contributed by atoms with Gasteiger partial charge in [-0.2, -0.15) is 0 Å². The van der Waals surface area contributed by atoms with E-state index < -0.39 is 0 Å². The van der Waals surface area contributed by atoms with Gasteiger partial charge >= 0.3 is 0 Å². The summed E-state index contributed by atoms with van der Waals surface area (Å²) in [6.07, 6.45) is 1.35. The number of rotatable bonds is 2. The Morgan fingerprint density at radius 3 is 3.11 bits per heavy atom. The van der Waals surface area contributed by atoms with Crippen LogP contribution in [0.2, 0.25) is 0 Å². The quantitative estimate of drug-likeness (QED) is 0.757.